The Balaban J connectivity index is 1.42. The normalized spacial score (nSPS) is 20.5. The van der Waals surface area contributed by atoms with Crippen molar-refractivity contribution in [3.8, 4) is 11.1 Å². The lowest BCUT2D eigenvalue weighted by Crippen LogP contribution is -2.55. The summed E-state index contributed by atoms with van der Waals surface area (Å²) in [6.07, 6.45) is -1.54. The molecule has 0 aromatic heterocycles. The van der Waals surface area contributed by atoms with Gasteiger partial charge < -0.3 is 14.6 Å². The van der Waals surface area contributed by atoms with Crippen LogP contribution in [-0.4, -0.2) is 48.1 Å². The molecule has 0 spiro atoms. The van der Waals surface area contributed by atoms with E-state index in [1.807, 2.05) is 36.4 Å². The molecule has 1 unspecified atom stereocenters. The van der Waals surface area contributed by atoms with Gasteiger partial charge in [0, 0.05) is 5.92 Å². The molecule has 7 heteroatoms. The summed E-state index contributed by atoms with van der Waals surface area (Å²) in [6, 6.07) is 18.1. The van der Waals surface area contributed by atoms with Crippen molar-refractivity contribution < 1.29 is 28.2 Å². The maximum absolute atomic E-state index is 14.0. The number of amides is 1. The summed E-state index contributed by atoms with van der Waals surface area (Å²) in [5, 5.41) is 10.3. The second kappa shape index (κ2) is 9.16. The Bertz CT molecular complexity index is 1170. The molecular weight excluding hydrogens is 440 g/mol. The van der Waals surface area contributed by atoms with Crippen molar-refractivity contribution >= 4 is 6.09 Å². The topological polar surface area (TPSA) is 59.0 Å². The number of hydrogen-bond acceptors (Lipinski definition) is 4. The van der Waals surface area contributed by atoms with Gasteiger partial charge >= 0.3 is 6.09 Å². The third-order valence-corrected chi connectivity index (χ3v) is 6.69. The molecule has 1 heterocycles. The quantitative estimate of drug-likeness (QED) is 0.587. The number of aliphatic hydroxyl groups excluding tert-OH is 1. The molecule has 34 heavy (non-hydrogen) atoms. The number of nitrogens with zero attached hydrogens (tertiary/aromatic N) is 1. The number of carbonyl (C=O) groups is 1. The Labute approximate surface area is 196 Å². The summed E-state index contributed by atoms with van der Waals surface area (Å²) < 4.78 is 38.9. The Kier molecular flexibility index (Phi) is 6.06. The average molecular weight is 465 g/mol. The molecule has 1 N–H and O–H groups in total. The van der Waals surface area contributed by atoms with Gasteiger partial charge in [0.2, 0.25) is 0 Å². The zero-order valence-corrected chi connectivity index (χ0v) is 18.7. The van der Waals surface area contributed by atoms with Gasteiger partial charge in [-0.25, -0.2) is 13.6 Å². The lowest BCUT2D eigenvalue weighted by molar-refractivity contribution is -0.0797. The van der Waals surface area contributed by atoms with E-state index in [2.05, 4.69) is 12.1 Å². The van der Waals surface area contributed by atoms with E-state index in [1.165, 1.54) is 11.0 Å². The molecule has 3 aromatic carbocycles. The number of rotatable bonds is 4. The maximum atomic E-state index is 14.0. The van der Waals surface area contributed by atoms with Gasteiger partial charge in [-0.3, -0.25) is 4.90 Å². The molecular formula is C27H25F2NO4. The third kappa shape index (κ3) is 3.95. The predicted octanol–water partition coefficient (Wildman–Crippen LogP) is 5.04. The SMILES string of the molecule is CC(O)[C@H]1COC[C@@H](c2ccc(F)c(F)c2)N1C(=O)OCC1c2ccccc2-c2ccccc21. The number of benzene rings is 3. The van der Waals surface area contributed by atoms with Crippen molar-refractivity contribution in [2.24, 2.45) is 0 Å². The molecule has 2 aliphatic rings. The van der Waals surface area contributed by atoms with Crippen molar-refractivity contribution in [1.29, 1.82) is 0 Å². The number of hydrogen-bond donors (Lipinski definition) is 1. The molecule has 0 bridgehead atoms. The summed E-state index contributed by atoms with van der Waals surface area (Å²) in [4.78, 5) is 14.8. The first-order valence-electron chi connectivity index (χ1n) is 11.3. The third-order valence-electron chi connectivity index (χ3n) is 6.69. The fourth-order valence-corrected chi connectivity index (χ4v) is 4.97. The number of fused-ring (bicyclic) bond motifs is 3. The fourth-order valence-electron chi connectivity index (χ4n) is 4.97. The predicted molar refractivity (Wildman–Crippen MR) is 122 cm³/mol. The molecule has 1 amide bonds. The molecule has 0 radical (unpaired) electrons. The van der Waals surface area contributed by atoms with Gasteiger partial charge in [0.25, 0.3) is 0 Å². The van der Waals surface area contributed by atoms with E-state index < -0.39 is 35.9 Å². The first-order valence-corrected chi connectivity index (χ1v) is 11.3. The molecule has 176 valence electrons. The average Bonchev–Trinajstić information content (AvgIpc) is 3.17. The highest BCUT2D eigenvalue weighted by Crippen LogP contribution is 2.44. The minimum absolute atomic E-state index is 0.0818. The Hall–Kier alpha value is -3.29. The molecule has 5 nitrogen and oxygen atoms in total. The minimum Gasteiger partial charge on any atom is -0.448 e. The van der Waals surface area contributed by atoms with Crippen LogP contribution >= 0.6 is 0 Å². The molecule has 1 aliphatic carbocycles. The second-order valence-electron chi connectivity index (χ2n) is 8.75. The van der Waals surface area contributed by atoms with Crippen LogP contribution in [0.3, 0.4) is 0 Å². The minimum atomic E-state index is -1.01. The Morgan fingerprint density at radius 1 is 1.03 bits per heavy atom. The standard InChI is InChI=1S/C27H25F2NO4/c1-16(31)25-14-33-15-26(17-10-11-23(28)24(29)12-17)30(25)27(32)34-13-22-20-8-4-2-6-18(20)19-7-3-5-9-21(19)22/h2-12,16,22,25-26,31H,13-15H2,1H3/t16?,25-,26+/m1/s1. The van der Waals surface area contributed by atoms with Gasteiger partial charge in [-0.15, -0.1) is 0 Å². The van der Waals surface area contributed by atoms with E-state index in [4.69, 9.17) is 9.47 Å². The number of aliphatic hydroxyl groups is 1. The van der Waals surface area contributed by atoms with Crippen LogP contribution in [0.15, 0.2) is 66.7 Å². The highest BCUT2D eigenvalue weighted by molar-refractivity contribution is 5.79. The lowest BCUT2D eigenvalue weighted by Gasteiger charge is -2.42. The van der Waals surface area contributed by atoms with Crippen LogP contribution in [0.4, 0.5) is 13.6 Å². The monoisotopic (exact) mass is 465 g/mol. The summed E-state index contributed by atoms with van der Waals surface area (Å²) in [5.74, 6) is -2.10. The van der Waals surface area contributed by atoms with E-state index >= 15 is 0 Å². The van der Waals surface area contributed by atoms with Crippen molar-refractivity contribution in [3.63, 3.8) is 0 Å². The summed E-state index contributed by atoms with van der Waals surface area (Å²) >= 11 is 0. The summed E-state index contributed by atoms with van der Waals surface area (Å²) in [5.41, 5.74) is 4.78. The van der Waals surface area contributed by atoms with E-state index in [0.29, 0.717) is 5.56 Å². The number of carbonyl (C=O) groups excluding carboxylic acids is 1. The molecule has 1 fully saturated rings. The van der Waals surface area contributed by atoms with Crippen LogP contribution in [0.2, 0.25) is 0 Å². The Morgan fingerprint density at radius 3 is 2.29 bits per heavy atom. The molecule has 3 aromatic rings. The number of morpholine rings is 1. The lowest BCUT2D eigenvalue weighted by atomic mass is 9.98. The van der Waals surface area contributed by atoms with Crippen LogP contribution in [0, 0.1) is 11.6 Å². The van der Waals surface area contributed by atoms with Gasteiger partial charge in [-0.1, -0.05) is 54.6 Å². The zero-order valence-electron chi connectivity index (χ0n) is 18.7. The van der Waals surface area contributed by atoms with Crippen molar-refractivity contribution in [2.75, 3.05) is 19.8 Å². The van der Waals surface area contributed by atoms with Crippen LogP contribution in [0.1, 0.15) is 35.6 Å². The van der Waals surface area contributed by atoms with Crippen molar-refractivity contribution in [2.45, 2.75) is 31.0 Å². The van der Waals surface area contributed by atoms with Crippen molar-refractivity contribution in [1.82, 2.24) is 4.90 Å². The van der Waals surface area contributed by atoms with E-state index in [9.17, 15) is 18.7 Å². The molecule has 3 atom stereocenters. The van der Waals surface area contributed by atoms with Gasteiger partial charge in [-0.05, 0) is 46.9 Å². The Morgan fingerprint density at radius 2 is 1.68 bits per heavy atom. The van der Waals surface area contributed by atoms with E-state index in [-0.39, 0.29) is 25.7 Å². The van der Waals surface area contributed by atoms with Crippen LogP contribution < -0.4 is 0 Å². The molecule has 5 rings (SSSR count). The van der Waals surface area contributed by atoms with Gasteiger partial charge in [-0.2, -0.15) is 0 Å². The number of halogens is 2. The molecule has 1 aliphatic heterocycles. The van der Waals surface area contributed by atoms with Gasteiger partial charge in [0.05, 0.1) is 31.4 Å². The zero-order chi connectivity index (χ0) is 23.8. The van der Waals surface area contributed by atoms with Gasteiger partial charge in [0.15, 0.2) is 11.6 Å². The molecule has 1 saturated heterocycles. The van der Waals surface area contributed by atoms with Gasteiger partial charge in [0.1, 0.15) is 6.61 Å². The summed E-state index contributed by atoms with van der Waals surface area (Å²) in [6.45, 7) is 1.87. The van der Waals surface area contributed by atoms with Crippen LogP contribution in [0.25, 0.3) is 11.1 Å². The first-order chi connectivity index (χ1) is 16.5. The summed E-state index contributed by atoms with van der Waals surface area (Å²) in [7, 11) is 0. The van der Waals surface area contributed by atoms with E-state index in [0.717, 1.165) is 34.4 Å². The highest BCUT2D eigenvalue weighted by atomic mass is 19.2. The van der Waals surface area contributed by atoms with E-state index in [1.54, 1.807) is 6.92 Å². The molecule has 0 saturated carbocycles. The van der Waals surface area contributed by atoms with Crippen molar-refractivity contribution in [3.05, 3.63) is 95.1 Å². The first kappa shape index (κ1) is 22.5. The largest absolute Gasteiger partial charge is 0.448 e. The van der Waals surface area contributed by atoms with Crippen LogP contribution in [0.5, 0.6) is 0 Å². The van der Waals surface area contributed by atoms with Crippen LogP contribution in [-0.2, 0) is 9.47 Å². The fraction of sp³-hybridized carbons (Fsp3) is 0.296. The highest BCUT2D eigenvalue weighted by Gasteiger charge is 2.40. The number of ether oxygens (including phenoxy) is 2. The second-order valence-corrected chi connectivity index (χ2v) is 8.75. The smallest absolute Gasteiger partial charge is 0.410 e. The maximum Gasteiger partial charge on any atom is 0.410 e.